The molecule has 0 aliphatic rings. The molecule has 0 spiro atoms. The Morgan fingerprint density at radius 1 is 1.13 bits per heavy atom. The van der Waals surface area contributed by atoms with E-state index in [9.17, 15) is 4.79 Å². The summed E-state index contributed by atoms with van der Waals surface area (Å²) in [6.45, 7) is 7.59. The van der Waals surface area contributed by atoms with Crippen LogP contribution >= 0.6 is 11.8 Å². The zero-order valence-corrected chi connectivity index (χ0v) is 18.4. The number of anilines is 1. The highest BCUT2D eigenvalue weighted by molar-refractivity contribution is 7.99. The molecule has 0 saturated carbocycles. The second-order valence-corrected chi connectivity index (χ2v) is 7.21. The minimum absolute atomic E-state index is 0.148. The molecule has 3 rings (SSSR count). The fourth-order valence-electron chi connectivity index (χ4n) is 2.81. The predicted octanol–water partition coefficient (Wildman–Crippen LogP) is 3.23. The average Bonchev–Trinajstić information content (AvgIpc) is 3.31. The molecular formula is C20H26N6O3S. The third-order valence-electron chi connectivity index (χ3n) is 4.20. The van der Waals surface area contributed by atoms with Gasteiger partial charge in [0.2, 0.25) is 11.8 Å². The second-order valence-electron chi connectivity index (χ2n) is 6.27. The van der Waals surface area contributed by atoms with Gasteiger partial charge in [-0.05, 0) is 32.9 Å². The summed E-state index contributed by atoms with van der Waals surface area (Å²) in [5, 5.41) is 16.5. The molecule has 0 bridgehead atoms. The quantitative estimate of drug-likeness (QED) is 0.493. The monoisotopic (exact) mass is 430 g/mol. The van der Waals surface area contributed by atoms with Crippen LogP contribution in [0, 0.1) is 0 Å². The number of hydrogen-bond acceptors (Lipinski definition) is 7. The molecule has 2 aromatic heterocycles. The molecule has 1 amide bonds. The first-order valence-corrected chi connectivity index (χ1v) is 10.8. The third-order valence-corrected chi connectivity index (χ3v) is 5.22. The smallest absolute Gasteiger partial charge is 0.243 e. The highest BCUT2D eigenvalue weighted by atomic mass is 32.2. The Kier molecular flexibility index (Phi) is 7.34. The molecule has 1 N–H and O–H groups in total. The van der Waals surface area contributed by atoms with Crippen LogP contribution in [0.1, 0.15) is 20.8 Å². The van der Waals surface area contributed by atoms with Crippen LogP contribution in [-0.4, -0.2) is 49.4 Å². The number of carbonyl (C=O) groups excluding carboxylic acids is 1. The first kappa shape index (κ1) is 21.7. The molecule has 3 aromatic rings. The van der Waals surface area contributed by atoms with E-state index in [1.165, 1.54) is 11.8 Å². The molecule has 0 unspecified atom stereocenters. The summed E-state index contributed by atoms with van der Waals surface area (Å²) in [4.78, 5) is 12.4. The van der Waals surface area contributed by atoms with Crippen molar-refractivity contribution < 1.29 is 14.3 Å². The van der Waals surface area contributed by atoms with Crippen LogP contribution in [0.2, 0.25) is 0 Å². The lowest BCUT2D eigenvalue weighted by molar-refractivity contribution is -0.113. The molecule has 0 atom stereocenters. The minimum atomic E-state index is -0.148. The number of benzene rings is 1. The molecule has 1 aromatic carbocycles. The second kappa shape index (κ2) is 10.1. The summed E-state index contributed by atoms with van der Waals surface area (Å²) in [6, 6.07) is 7.36. The summed E-state index contributed by atoms with van der Waals surface area (Å²) >= 11 is 1.31. The number of para-hydroxylation sites is 2. The van der Waals surface area contributed by atoms with Crippen LogP contribution in [0.5, 0.6) is 11.6 Å². The number of amides is 1. The Balaban J connectivity index is 1.69. The van der Waals surface area contributed by atoms with E-state index in [2.05, 4.69) is 20.6 Å². The molecule has 0 aliphatic heterocycles. The first-order valence-electron chi connectivity index (χ1n) is 9.81. The Hall–Kier alpha value is -3.01. The van der Waals surface area contributed by atoms with Crippen molar-refractivity contribution in [3.63, 3.8) is 0 Å². The Morgan fingerprint density at radius 2 is 1.90 bits per heavy atom. The zero-order valence-electron chi connectivity index (χ0n) is 17.6. The average molecular weight is 431 g/mol. The summed E-state index contributed by atoms with van der Waals surface area (Å²) in [6.07, 6.45) is 1.89. The summed E-state index contributed by atoms with van der Waals surface area (Å²) in [7, 11) is 1.86. The maximum atomic E-state index is 12.4. The van der Waals surface area contributed by atoms with Crippen molar-refractivity contribution in [2.75, 3.05) is 24.3 Å². The van der Waals surface area contributed by atoms with Crippen molar-refractivity contribution in [2.24, 2.45) is 7.05 Å². The number of aromatic nitrogens is 5. The number of nitrogens with zero attached hydrogens (tertiary/aromatic N) is 5. The van der Waals surface area contributed by atoms with Crippen molar-refractivity contribution in [1.82, 2.24) is 24.5 Å². The van der Waals surface area contributed by atoms with Gasteiger partial charge in [0.1, 0.15) is 11.3 Å². The van der Waals surface area contributed by atoms with Gasteiger partial charge in [-0.2, -0.15) is 0 Å². The maximum Gasteiger partial charge on any atom is 0.243 e. The number of carbonyl (C=O) groups is 1. The van der Waals surface area contributed by atoms with E-state index in [1.54, 1.807) is 4.68 Å². The van der Waals surface area contributed by atoms with Crippen LogP contribution in [-0.2, 0) is 18.4 Å². The van der Waals surface area contributed by atoms with E-state index >= 15 is 0 Å². The van der Waals surface area contributed by atoms with Crippen LogP contribution in [0.3, 0.4) is 0 Å². The standard InChI is InChI=1S/C20H26N6O3S/c1-5-26-12-14(19(24-26)29-7-3)18-22-23-20(25(18)4)30-13-17(27)21-15-10-8-9-11-16(15)28-6-2/h8-12H,5-7,13H2,1-4H3,(H,21,27). The fraction of sp³-hybridized carbons (Fsp3) is 0.400. The van der Waals surface area contributed by atoms with Gasteiger partial charge >= 0.3 is 0 Å². The lowest BCUT2D eigenvalue weighted by Gasteiger charge is -2.11. The SMILES string of the molecule is CCOc1ccccc1NC(=O)CSc1nnc(-c2cn(CC)nc2OCC)n1C. The van der Waals surface area contributed by atoms with Crippen LogP contribution in [0.15, 0.2) is 35.6 Å². The molecule has 0 aliphatic carbocycles. The van der Waals surface area contributed by atoms with Gasteiger partial charge in [-0.1, -0.05) is 23.9 Å². The highest BCUT2D eigenvalue weighted by Gasteiger charge is 2.20. The number of hydrogen-bond donors (Lipinski definition) is 1. The number of rotatable bonds is 10. The van der Waals surface area contributed by atoms with Gasteiger partial charge in [0.15, 0.2) is 11.0 Å². The topological polar surface area (TPSA) is 96.1 Å². The van der Waals surface area contributed by atoms with Gasteiger partial charge < -0.3 is 19.4 Å². The van der Waals surface area contributed by atoms with Gasteiger partial charge in [0.25, 0.3) is 0 Å². The lowest BCUT2D eigenvalue weighted by Crippen LogP contribution is -2.15. The number of aryl methyl sites for hydroxylation is 1. The van der Waals surface area contributed by atoms with Gasteiger partial charge in [-0.3, -0.25) is 9.48 Å². The van der Waals surface area contributed by atoms with Crippen molar-refractivity contribution in [2.45, 2.75) is 32.5 Å². The molecule has 9 nitrogen and oxygen atoms in total. The molecule has 10 heteroatoms. The van der Waals surface area contributed by atoms with Crippen LogP contribution < -0.4 is 14.8 Å². The van der Waals surface area contributed by atoms with E-state index in [-0.39, 0.29) is 11.7 Å². The highest BCUT2D eigenvalue weighted by Crippen LogP contribution is 2.30. The van der Waals surface area contributed by atoms with Gasteiger partial charge in [-0.25, -0.2) is 0 Å². The molecule has 0 radical (unpaired) electrons. The molecule has 30 heavy (non-hydrogen) atoms. The number of ether oxygens (including phenoxy) is 2. The van der Waals surface area contributed by atoms with Gasteiger partial charge in [0.05, 0.1) is 24.7 Å². The van der Waals surface area contributed by atoms with E-state index in [0.29, 0.717) is 41.5 Å². The number of nitrogens with one attached hydrogen (secondary N) is 1. The van der Waals surface area contributed by atoms with E-state index < -0.39 is 0 Å². The van der Waals surface area contributed by atoms with E-state index in [0.717, 1.165) is 12.1 Å². The predicted molar refractivity (Wildman–Crippen MR) is 116 cm³/mol. The minimum Gasteiger partial charge on any atom is -0.492 e. The van der Waals surface area contributed by atoms with Crippen molar-refractivity contribution >= 4 is 23.4 Å². The fourth-order valence-corrected chi connectivity index (χ4v) is 3.52. The Morgan fingerprint density at radius 3 is 2.63 bits per heavy atom. The van der Waals surface area contributed by atoms with Crippen molar-refractivity contribution in [3.05, 3.63) is 30.5 Å². The molecule has 0 fully saturated rings. The van der Waals surface area contributed by atoms with Crippen LogP contribution in [0.25, 0.3) is 11.4 Å². The number of thioether (sulfide) groups is 1. The van der Waals surface area contributed by atoms with Crippen molar-refractivity contribution in [3.8, 4) is 23.0 Å². The van der Waals surface area contributed by atoms with E-state index in [4.69, 9.17) is 9.47 Å². The molecule has 0 saturated heterocycles. The Bertz CT molecular complexity index is 1000. The molecule has 160 valence electrons. The molecular weight excluding hydrogens is 404 g/mol. The van der Waals surface area contributed by atoms with Gasteiger partial charge in [0, 0.05) is 19.8 Å². The molecule has 2 heterocycles. The summed E-state index contributed by atoms with van der Waals surface area (Å²) < 4.78 is 14.8. The largest absolute Gasteiger partial charge is 0.492 e. The maximum absolute atomic E-state index is 12.4. The third kappa shape index (κ3) is 4.93. The summed E-state index contributed by atoms with van der Waals surface area (Å²) in [5.74, 6) is 1.86. The first-order chi connectivity index (χ1) is 14.6. The normalized spacial score (nSPS) is 10.8. The van der Waals surface area contributed by atoms with Crippen LogP contribution in [0.4, 0.5) is 5.69 Å². The Labute approximate surface area is 179 Å². The lowest BCUT2D eigenvalue weighted by atomic mass is 10.3. The zero-order chi connectivity index (χ0) is 21.5. The van der Waals surface area contributed by atoms with Gasteiger partial charge in [-0.15, -0.1) is 15.3 Å². The van der Waals surface area contributed by atoms with Crippen molar-refractivity contribution in [1.29, 1.82) is 0 Å². The van der Waals surface area contributed by atoms with E-state index in [1.807, 2.05) is 62.8 Å². The summed E-state index contributed by atoms with van der Waals surface area (Å²) in [5.41, 5.74) is 1.42.